The van der Waals surface area contributed by atoms with Gasteiger partial charge in [-0.05, 0) is 0 Å². The third kappa shape index (κ3) is 3.33. The van der Waals surface area contributed by atoms with Crippen molar-refractivity contribution in [1.29, 1.82) is 0 Å². The van der Waals surface area contributed by atoms with E-state index in [0.29, 0.717) is 6.29 Å². The van der Waals surface area contributed by atoms with Gasteiger partial charge in [-0.15, -0.1) is 0 Å². The van der Waals surface area contributed by atoms with Gasteiger partial charge in [-0.3, -0.25) is 4.79 Å². The van der Waals surface area contributed by atoms with E-state index in [9.17, 15) is 4.79 Å². The fraction of sp³-hybridized carbons (Fsp3) is 0.250. The minimum Gasteiger partial charge on any atom is -0.393 e. The van der Waals surface area contributed by atoms with E-state index < -0.39 is 0 Å². The molecule has 0 aromatic rings. The molecular formula is C4H6ClNO. The average Bonchev–Trinajstić information content (AvgIpc) is 1.68. The van der Waals surface area contributed by atoms with Crippen LogP contribution in [0.4, 0.5) is 0 Å². The fourth-order valence-corrected chi connectivity index (χ4v) is 0.281. The molecule has 0 saturated carbocycles. The molecule has 7 heavy (non-hydrogen) atoms. The van der Waals surface area contributed by atoms with Crippen molar-refractivity contribution < 1.29 is 4.79 Å². The first-order valence-electron chi connectivity index (χ1n) is 1.79. The second kappa shape index (κ2) is 3.68. The van der Waals surface area contributed by atoms with Crippen LogP contribution in [0.25, 0.3) is 0 Å². The number of hydrogen-bond acceptors (Lipinski definition) is 2. The Bertz CT molecular complexity index is 89.7. The minimum atomic E-state index is 0.183. The van der Waals surface area contributed by atoms with E-state index in [4.69, 9.17) is 11.6 Å². The number of nitrogens with one attached hydrogen (secondary N) is 1. The first-order valence-corrected chi connectivity index (χ1v) is 2.17. The monoisotopic (exact) mass is 119 g/mol. The van der Waals surface area contributed by atoms with Gasteiger partial charge in [-0.1, -0.05) is 11.6 Å². The van der Waals surface area contributed by atoms with Gasteiger partial charge in [0.15, 0.2) is 6.29 Å². The highest BCUT2D eigenvalue weighted by Crippen LogP contribution is 1.90. The van der Waals surface area contributed by atoms with Crippen molar-refractivity contribution in [2.24, 2.45) is 0 Å². The van der Waals surface area contributed by atoms with Gasteiger partial charge in [0.2, 0.25) is 0 Å². The van der Waals surface area contributed by atoms with Crippen molar-refractivity contribution in [2.45, 2.75) is 0 Å². The van der Waals surface area contributed by atoms with E-state index >= 15 is 0 Å². The van der Waals surface area contributed by atoms with Crippen LogP contribution in [0.3, 0.4) is 0 Å². The van der Waals surface area contributed by atoms with Gasteiger partial charge in [0, 0.05) is 13.2 Å². The molecule has 0 spiro atoms. The lowest BCUT2D eigenvalue weighted by Gasteiger charge is -1.81. The Kier molecular flexibility index (Phi) is 3.42. The van der Waals surface area contributed by atoms with Crippen LogP contribution in [0.2, 0.25) is 0 Å². The topological polar surface area (TPSA) is 29.1 Å². The molecule has 0 radical (unpaired) electrons. The standard InChI is InChI=1S/C4H6ClNO/c1-6-2-4(5)3-7/h2-3,6H,1H3. The maximum Gasteiger partial charge on any atom is 0.162 e. The summed E-state index contributed by atoms with van der Waals surface area (Å²) in [7, 11) is 1.67. The zero-order valence-corrected chi connectivity index (χ0v) is 4.70. The first-order chi connectivity index (χ1) is 3.31. The number of hydrogen-bond donors (Lipinski definition) is 1. The number of aldehydes is 1. The third-order valence-electron chi connectivity index (χ3n) is 0.395. The van der Waals surface area contributed by atoms with Crippen molar-refractivity contribution in [1.82, 2.24) is 5.32 Å². The van der Waals surface area contributed by atoms with E-state index in [1.54, 1.807) is 7.05 Å². The molecule has 0 rings (SSSR count). The molecule has 0 atom stereocenters. The maximum absolute atomic E-state index is 9.65. The molecule has 0 saturated heterocycles. The smallest absolute Gasteiger partial charge is 0.162 e. The summed E-state index contributed by atoms with van der Waals surface area (Å²) in [5.41, 5.74) is 0. The summed E-state index contributed by atoms with van der Waals surface area (Å²) in [6.45, 7) is 0. The predicted octanol–water partition coefficient (Wildman–Crippen LogP) is 0.485. The van der Waals surface area contributed by atoms with Gasteiger partial charge < -0.3 is 5.32 Å². The first kappa shape index (κ1) is 6.50. The number of rotatable bonds is 2. The van der Waals surface area contributed by atoms with Crippen molar-refractivity contribution in [3.8, 4) is 0 Å². The summed E-state index contributed by atoms with van der Waals surface area (Å²) in [6.07, 6.45) is 1.98. The van der Waals surface area contributed by atoms with Gasteiger partial charge in [0.05, 0.1) is 5.03 Å². The van der Waals surface area contributed by atoms with Crippen molar-refractivity contribution in [3.63, 3.8) is 0 Å². The summed E-state index contributed by atoms with van der Waals surface area (Å²) in [5, 5.41) is 2.78. The Labute approximate surface area is 47.2 Å². The largest absolute Gasteiger partial charge is 0.393 e. The molecule has 0 aromatic heterocycles. The molecule has 0 unspecified atom stereocenters. The van der Waals surface area contributed by atoms with Crippen LogP contribution in [0.5, 0.6) is 0 Å². The van der Waals surface area contributed by atoms with E-state index in [-0.39, 0.29) is 5.03 Å². The van der Waals surface area contributed by atoms with E-state index in [1.165, 1.54) is 6.20 Å². The lowest BCUT2D eigenvalue weighted by molar-refractivity contribution is -0.104. The predicted molar refractivity (Wildman–Crippen MR) is 29.1 cm³/mol. The third-order valence-corrected chi connectivity index (χ3v) is 0.593. The number of carbonyl (C=O) groups is 1. The zero-order valence-electron chi connectivity index (χ0n) is 3.94. The van der Waals surface area contributed by atoms with Crippen molar-refractivity contribution in [3.05, 3.63) is 11.2 Å². The molecule has 0 aliphatic rings. The highest BCUT2D eigenvalue weighted by Gasteiger charge is 1.79. The quantitative estimate of drug-likeness (QED) is 0.423. The minimum absolute atomic E-state index is 0.183. The van der Waals surface area contributed by atoms with Crippen LogP contribution in [0.1, 0.15) is 0 Å². The average molecular weight is 120 g/mol. The number of allylic oxidation sites excluding steroid dienone is 1. The molecule has 0 aromatic carbocycles. The Morgan fingerprint density at radius 2 is 2.43 bits per heavy atom. The Balaban J connectivity index is 3.49. The molecule has 2 nitrogen and oxygen atoms in total. The molecule has 0 aliphatic carbocycles. The van der Waals surface area contributed by atoms with Gasteiger partial charge in [-0.2, -0.15) is 0 Å². The molecule has 40 valence electrons. The lowest BCUT2D eigenvalue weighted by atomic mass is 10.7. The Morgan fingerprint density at radius 1 is 1.86 bits per heavy atom. The van der Waals surface area contributed by atoms with Crippen LogP contribution in [0.15, 0.2) is 11.2 Å². The Hall–Kier alpha value is -0.500. The van der Waals surface area contributed by atoms with Gasteiger partial charge in [-0.25, -0.2) is 0 Å². The van der Waals surface area contributed by atoms with Crippen LogP contribution < -0.4 is 5.32 Å². The van der Waals surface area contributed by atoms with Crippen LogP contribution in [-0.4, -0.2) is 13.3 Å². The molecule has 0 amide bonds. The maximum atomic E-state index is 9.65. The highest BCUT2D eigenvalue weighted by molar-refractivity contribution is 6.38. The van der Waals surface area contributed by atoms with Gasteiger partial charge in [0.25, 0.3) is 0 Å². The summed E-state index contributed by atoms with van der Waals surface area (Å²) < 4.78 is 0. The molecule has 0 fully saturated rings. The SMILES string of the molecule is CNC=C(Cl)C=O. The second-order valence-electron chi connectivity index (χ2n) is 0.936. The molecular weight excluding hydrogens is 114 g/mol. The Morgan fingerprint density at radius 3 is 2.57 bits per heavy atom. The van der Waals surface area contributed by atoms with E-state index in [2.05, 4.69) is 5.32 Å². The number of halogens is 1. The van der Waals surface area contributed by atoms with Crippen LogP contribution >= 0.6 is 11.6 Å². The van der Waals surface area contributed by atoms with Crippen molar-refractivity contribution >= 4 is 17.9 Å². The molecule has 0 aliphatic heterocycles. The fourth-order valence-electron chi connectivity index (χ4n) is 0.172. The number of carbonyl (C=O) groups excluding carboxylic acids is 1. The lowest BCUT2D eigenvalue weighted by Crippen LogP contribution is -1.93. The molecule has 1 N–H and O–H groups in total. The summed E-state index contributed by atoms with van der Waals surface area (Å²) in [5.74, 6) is 0. The molecule has 3 heteroatoms. The van der Waals surface area contributed by atoms with Crippen LogP contribution in [-0.2, 0) is 4.79 Å². The van der Waals surface area contributed by atoms with E-state index in [1.807, 2.05) is 0 Å². The summed E-state index contributed by atoms with van der Waals surface area (Å²) >= 11 is 5.20. The van der Waals surface area contributed by atoms with Gasteiger partial charge in [0.1, 0.15) is 0 Å². The van der Waals surface area contributed by atoms with Crippen LogP contribution in [0, 0.1) is 0 Å². The summed E-state index contributed by atoms with van der Waals surface area (Å²) in [4.78, 5) is 9.65. The normalized spacial score (nSPS) is 10.9. The van der Waals surface area contributed by atoms with Gasteiger partial charge >= 0.3 is 0 Å². The molecule has 0 heterocycles. The summed E-state index contributed by atoms with van der Waals surface area (Å²) in [6, 6.07) is 0. The zero-order chi connectivity index (χ0) is 5.70. The molecule has 0 bridgehead atoms. The van der Waals surface area contributed by atoms with E-state index in [0.717, 1.165) is 0 Å². The van der Waals surface area contributed by atoms with Crippen molar-refractivity contribution in [2.75, 3.05) is 7.05 Å². The second-order valence-corrected chi connectivity index (χ2v) is 1.37. The highest BCUT2D eigenvalue weighted by atomic mass is 35.5.